The minimum atomic E-state index is -3.43. The van der Waals surface area contributed by atoms with E-state index >= 15 is 0 Å². The van der Waals surface area contributed by atoms with Crippen molar-refractivity contribution in [2.45, 2.75) is 25.2 Å². The van der Waals surface area contributed by atoms with E-state index in [2.05, 4.69) is 28.6 Å². The van der Waals surface area contributed by atoms with E-state index in [9.17, 15) is 8.42 Å². The monoisotopic (exact) mass is 300 g/mol. The van der Waals surface area contributed by atoms with E-state index in [4.69, 9.17) is 0 Å². The summed E-state index contributed by atoms with van der Waals surface area (Å²) in [4.78, 5) is 2.56. The molecule has 2 rings (SSSR count). The molecule has 0 unspecified atom stereocenters. The highest BCUT2D eigenvalue weighted by Crippen LogP contribution is 2.20. The molecule has 1 aliphatic heterocycles. The predicted molar refractivity (Wildman–Crippen MR) is 77.8 cm³/mol. The summed E-state index contributed by atoms with van der Waals surface area (Å²) < 4.78 is 28.2. The van der Waals surface area contributed by atoms with Crippen LogP contribution in [0.2, 0.25) is 0 Å². The zero-order valence-corrected chi connectivity index (χ0v) is 13.2. The zero-order chi connectivity index (χ0) is 14.8. The van der Waals surface area contributed by atoms with Crippen LogP contribution in [0.5, 0.6) is 0 Å². The van der Waals surface area contributed by atoms with E-state index in [1.165, 1.54) is 23.5 Å². The van der Waals surface area contributed by atoms with Crippen LogP contribution in [0.1, 0.15) is 20.3 Å². The fourth-order valence-corrected chi connectivity index (χ4v) is 3.94. The molecule has 1 fully saturated rings. The third kappa shape index (κ3) is 4.04. The van der Waals surface area contributed by atoms with E-state index in [-0.39, 0.29) is 4.90 Å². The first-order chi connectivity index (χ1) is 9.37. The predicted octanol–water partition coefficient (Wildman–Crippen LogP) is 0.676. The van der Waals surface area contributed by atoms with E-state index in [0.29, 0.717) is 18.4 Å². The normalized spacial score (nSPS) is 24.9. The lowest BCUT2D eigenvalue weighted by atomic mass is 9.92. The molecule has 1 aromatic heterocycles. The van der Waals surface area contributed by atoms with Crippen LogP contribution in [0.15, 0.2) is 17.3 Å². The van der Waals surface area contributed by atoms with Crippen molar-refractivity contribution in [2.75, 3.05) is 26.2 Å². The molecule has 2 atom stereocenters. The first kappa shape index (κ1) is 15.5. The topological polar surface area (TPSA) is 67.2 Å². The van der Waals surface area contributed by atoms with Crippen LogP contribution < -0.4 is 4.72 Å². The molecule has 0 aromatic carbocycles. The molecule has 1 aromatic rings. The van der Waals surface area contributed by atoms with Gasteiger partial charge in [0.2, 0.25) is 10.0 Å². The van der Waals surface area contributed by atoms with Gasteiger partial charge in [0.1, 0.15) is 4.90 Å². The summed E-state index contributed by atoms with van der Waals surface area (Å²) in [5.41, 5.74) is 0. The van der Waals surface area contributed by atoms with Gasteiger partial charge in [-0.3, -0.25) is 4.68 Å². The molecule has 0 bridgehead atoms. The number of aromatic nitrogens is 2. The number of piperidine rings is 1. The smallest absolute Gasteiger partial charge is 0.243 e. The summed E-state index contributed by atoms with van der Waals surface area (Å²) in [5, 5.41) is 3.89. The molecule has 0 radical (unpaired) electrons. The van der Waals surface area contributed by atoms with Gasteiger partial charge in [-0.15, -0.1) is 0 Å². The first-order valence-corrected chi connectivity index (χ1v) is 8.56. The largest absolute Gasteiger partial charge is 0.302 e. The molecular weight excluding hydrogens is 276 g/mol. The van der Waals surface area contributed by atoms with E-state index in [1.807, 2.05) is 0 Å². The van der Waals surface area contributed by atoms with Gasteiger partial charge in [0.15, 0.2) is 0 Å². The van der Waals surface area contributed by atoms with Gasteiger partial charge in [0, 0.05) is 39.4 Å². The maximum Gasteiger partial charge on any atom is 0.243 e. The van der Waals surface area contributed by atoms with Crippen molar-refractivity contribution in [3.05, 3.63) is 12.4 Å². The Hall–Kier alpha value is -0.920. The number of aryl methyl sites for hydroxylation is 1. The fraction of sp³-hybridized carbons (Fsp3) is 0.769. The number of hydrogen-bond donors (Lipinski definition) is 1. The van der Waals surface area contributed by atoms with Crippen molar-refractivity contribution in [2.24, 2.45) is 18.9 Å². The van der Waals surface area contributed by atoms with Crippen LogP contribution >= 0.6 is 0 Å². The number of hydrogen-bond acceptors (Lipinski definition) is 4. The second kappa shape index (κ2) is 6.24. The maximum absolute atomic E-state index is 12.0. The average Bonchev–Trinajstić information content (AvgIpc) is 2.75. The SMILES string of the molecule is C[C@@H]1C[C@@H](C)CN(CCNS(=O)(=O)c2cnn(C)c2)C1. The summed E-state index contributed by atoms with van der Waals surface area (Å²) in [5.74, 6) is 1.38. The van der Waals surface area contributed by atoms with Crippen molar-refractivity contribution in [3.8, 4) is 0 Å². The first-order valence-electron chi connectivity index (χ1n) is 7.07. The van der Waals surface area contributed by atoms with Crippen molar-refractivity contribution >= 4 is 10.0 Å². The van der Waals surface area contributed by atoms with Gasteiger partial charge in [0.05, 0.1) is 6.20 Å². The third-order valence-corrected chi connectivity index (χ3v) is 5.07. The number of rotatable bonds is 5. The van der Waals surface area contributed by atoms with Crippen LogP contribution in [0.25, 0.3) is 0 Å². The highest BCUT2D eigenvalue weighted by atomic mass is 32.2. The number of nitrogens with one attached hydrogen (secondary N) is 1. The van der Waals surface area contributed by atoms with Gasteiger partial charge in [-0.05, 0) is 18.3 Å². The molecule has 0 spiro atoms. The molecule has 7 heteroatoms. The van der Waals surface area contributed by atoms with Crippen LogP contribution in [0.4, 0.5) is 0 Å². The molecule has 0 aliphatic carbocycles. The molecule has 0 saturated carbocycles. The average molecular weight is 300 g/mol. The summed E-state index contributed by atoms with van der Waals surface area (Å²) in [6, 6.07) is 0. The Labute approximate surface area is 121 Å². The van der Waals surface area contributed by atoms with Gasteiger partial charge in [-0.25, -0.2) is 13.1 Å². The Morgan fingerprint density at radius 1 is 1.35 bits per heavy atom. The fourth-order valence-electron chi connectivity index (χ4n) is 2.93. The molecule has 1 N–H and O–H groups in total. The van der Waals surface area contributed by atoms with Crippen LogP contribution in [-0.2, 0) is 17.1 Å². The number of likely N-dealkylation sites (tertiary alicyclic amines) is 1. The van der Waals surface area contributed by atoms with Crippen molar-refractivity contribution < 1.29 is 8.42 Å². The lowest BCUT2D eigenvalue weighted by Crippen LogP contribution is -2.42. The summed E-state index contributed by atoms with van der Waals surface area (Å²) >= 11 is 0. The van der Waals surface area contributed by atoms with Crippen LogP contribution in [0.3, 0.4) is 0 Å². The number of sulfonamides is 1. The molecule has 1 saturated heterocycles. The quantitative estimate of drug-likeness (QED) is 0.868. The minimum absolute atomic E-state index is 0.223. The Bertz CT molecular complexity index is 530. The van der Waals surface area contributed by atoms with E-state index in [1.54, 1.807) is 7.05 Å². The summed E-state index contributed by atoms with van der Waals surface area (Å²) in [6.45, 7) is 7.81. The molecule has 114 valence electrons. The lowest BCUT2D eigenvalue weighted by molar-refractivity contribution is 0.143. The number of nitrogens with zero attached hydrogens (tertiary/aromatic N) is 3. The van der Waals surface area contributed by atoms with Crippen molar-refractivity contribution in [1.29, 1.82) is 0 Å². The van der Waals surface area contributed by atoms with Crippen molar-refractivity contribution in [3.63, 3.8) is 0 Å². The second-order valence-corrected chi connectivity index (χ2v) is 7.72. The van der Waals surface area contributed by atoms with E-state index in [0.717, 1.165) is 19.6 Å². The summed E-state index contributed by atoms with van der Waals surface area (Å²) in [7, 11) is -1.72. The molecule has 2 heterocycles. The highest BCUT2D eigenvalue weighted by Gasteiger charge is 2.22. The van der Waals surface area contributed by atoms with Gasteiger partial charge in [0.25, 0.3) is 0 Å². The Balaban J connectivity index is 1.83. The van der Waals surface area contributed by atoms with Crippen LogP contribution in [0, 0.1) is 11.8 Å². The van der Waals surface area contributed by atoms with E-state index < -0.39 is 10.0 Å². The molecule has 6 nitrogen and oxygen atoms in total. The van der Waals surface area contributed by atoms with Crippen LogP contribution in [-0.4, -0.2) is 49.3 Å². The standard InChI is InChI=1S/C13H24N4O2S/c1-11-6-12(2)9-17(8-11)5-4-15-20(18,19)13-7-14-16(3)10-13/h7,10-12,15H,4-6,8-9H2,1-3H3/t11-,12-/m1/s1. The van der Waals surface area contributed by atoms with Gasteiger partial charge in [-0.1, -0.05) is 13.8 Å². The van der Waals surface area contributed by atoms with Gasteiger partial charge >= 0.3 is 0 Å². The zero-order valence-electron chi connectivity index (χ0n) is 12.4. The lowest BCUT2D eigenvalue weighted by Gasteiger charge is -2.34. The minimum Gasteiger partial charge on any atom is -0.302 e. The molecular formula is C13H24N4O2S. The van der Waals surface area contributed by atoms with Gasteiger partial charge < -0.3 is 4.90 Å². The molecule has 20 heavy (non-hydrogen) atoms. The molecule has 0 amide bonds. The highest BCUT2D eigenvalue weighted by molar-refractivity contribution is 7.89. The van der Waals surface area contributed by atoms with Gasteiger partial charge in [-0.2, -0.15) is 5.10 Å². The second-order valence-electron chi connectivity index (χ2n) is 5.95. The Morgan fingerprint density at radius 2 is 2.00 bits per heavy atom. The Kier molecular flexibility index (Phi) is 4.82. The Morgan fingerprint density at radius 3 is 2.55 bits per heavy atom. The molecule has 1 aliphatic rings. The summed E-state index contributed by atoms with van der Waals surface area (Å²) in [6.07, 6.45) is 4.14. The third-order valence-electron chi connectivity index (χ3n) is 3.66. The maximum atomic E-state index is 12.0. The van der Waals surface area contributed by atoms with Crippen molar-refractivity contribution in [1.82, 2.24) is 19.4 Å².